The summed E-state index contributed by atoms with van der Waals surface area (Å²) in [4.78, 5) is 3.33. The van der Waals surface area contributed by atoms with Gasteiger partial charge in [-0.1, -0.05) is 20.3 Å². The van der Waals surface area contributed by atoms with Crippen LogP contribution in [-0.2, 0) is 16.6 Å². The van der Waals surface area contributed by atoms with Crippen LogP contribution in [0.5, 0.6) is 0 Å². The van der Waals surface area contributed by atoms with Gasteiger partial charge in [0, 0.05) is 25.0 Å². The summed E-state index contributed by atoms with van der Waals surface area (Å²) < 4.78 is 27.3. The molecule has 1 heterocycles. The maximum Gasteiger partial charge on any atom is 0.242 e. The van der Waals surface area contributed by atoms with Crippen LogP contribution < -0.4 is 10.0 Å². The average molecular weight is 299 g/mol. The molecule has 1 aromatic rings. The molecular formula is C14H25N3O2S. The molecule has 0 aromatic carbocycles. The molecule has 1 aliphatic carbocycles. The number of sulfonamides is 1. The molecule has 1 saturated carbocycles. The number of H-pyrrole nitrogens is 1. The highest BCUT2D eigenvalue weighted by atomic mass is 32.2. The predicted molar refractivity (Wildman–Crippen MR) is 79.9 cm³/mol. The molecule has 114 valence electrons. The fourth-order valence-electron chi connectivity index (χ4n) is 2.49. The Morgan fingerprint density at radius 1 is 1.35 bits per heavy atom. The Balaban J connectivity index is 1.94. The maximum absolute atomic E-state index is 12.2. The van der Waals surface area contributed by atoms with E-state index in [4.69, 9.17) is 0 Å². The van der Waals surface area contributed by atoms with E-state index in [2.05, 4.69) is 21.9 Å². The van der Waals surface area contributed by atoms with Gasteiger partial charge >= 0.3 is 0 Å². The zero-order chi connectivity index (χ0) is 14.6. The molecule has 20 heavy (non-hydrogen) atoms. The van der Waals surface area contributed by atoms with Crippen LogP contribution in [0.3, 0.4) is 0 Å². The van der Waals surface area contributed by atoms with Crippen LogP contribution in [-0.4, -0.2) is 26.5 Å². The van der Waals surface area contributed by atoms with Gasteiger partial charge < -0.3 is 10.3 Å². The van der Waals surface area contributed by atoms with Crippen molar-refractivity contribution < 1.29 is 8.42 Å². The van der Waals surface area contributed by atoms with Crippen LogP contribution in [0.2, 0.25) is 0 Å². The SMILES string of the molecule is CCCC1(CNS(=O)(=O)c2c[nH]c(CNCC)c2)CC1. The van der Waals surface area contributed by atoms with Crippen molar-refractivity contribution in [1.29, 1.82) is 0 Å². The van der Waals surface area contributed by atoms with Crippen molar-refractivity contribution in [2.24, 2.45) is 5.41 Å². The second-order valence-electron chi connectivity index (χ2n) is 5.72. The van der Waals surface area contributed by atoms with E-state index in [9.17, 15) is 8.42 Å². The third kappa shape index (κ3) is 3.84. The lowest BCUT2D eigenvalue weighted by molar-refractivity contribution is 0.449. The molecule has 0 atom stereocenters. The van der Waals surface area contributed by atoms with Gasteiger partial charge in [0.1, 0.15) is 0 Å². The van der Waals surface area contributed by atoms with Gasteiger partial charge in [-0.25, -0.2) is 13.1 Å². The van der Waals surface area contributed by atoms with Crippen LogP contribution >= 0.6 is 0 Å². The molecule has 3 N–H and O–H groups in total. The summed E-state index contributed by atoms with van der Waals surface area (Å²) in [6.45, 7) is 6.25. The Morgan fingerprint density at radius 2 is 2.10 bits per heavy atom. The Kier molecular flexibility index (Phi) is 4.88. The lowest BCUT2D eigenvalue weighted by Crippen LogP contribution is -2.30. The molecular weight excluding hydrogens is 274 g/mol. The van der Waals surface area contributed by atoms with Crippen molar-refractivity contribution in [2.45, 2.75) is 51.0 Å². The minimum absolute atomic E-state index is 0.227. The van der Waals surface area contributed by atoms with Crippen LogP contribution in [0.15, 0.2) is 17.2 Å². The molecule has 0 bridgehead atoms. The Hall–Kier alpha value is -0.850. The first-order chi connectivity index (χ1) is 9.51. The summed E-state index contributed by atoms with van der Waals surface area (Å²) in [6, 6.07) is 1.70. The summed E-state index contributed by atoms with van der Waals surface area (Å²) in [5.74, 6) is 0. The van der Waals surface area contributed by atoms with E-state index in [1.54, 1.807) is 12.3 Å². The summed E-state index contributed by atoms with van der Waals surface area (Å²) >= 11 is 0. The molecule has 1 aliphatic rings. The quantitative estimate of drug-likeness (QED) is 0.653. The predicted octanol–water partition coefficient (Wildman–Crippen LogP) is 1.98. The van der Waals surface area contributed by atoms with Gasteiger partial charge in [0.05, 0.1) is 4.90 Å². The van der Waals surface area contributed by atoms with E-state index in [1.807, 2.05) is 6.92 Å². The number of hydrogen-bond donors (Lipinski definition) is 3. The first-order valence-corrected chi connectivity index (χ1v) is 8.87. The second kappa shape index (κ2) is 6.28. The second-order valence-corrected chi connectivity index (χ2v) is 7.48. The van der Waals surface area contributed by atoms with Crippen molar-refractivity contribution in [3.8, 4) is 0 Å². The third-order valence-electron chi connectivity index (χ3n) is 3.97. The number of aromatic amines is 1. The Morgan fingerprint density at radius 3 is 2.70 bits per heavy atom. The summed E-state index contributed by atoms with van der Waals surface area (Å²) in [5.41, 5.74) is 1.12. The molecule has 1 aromatic heterocycles. The minimum atomic E-state index is -3.39. The van der Waals surface area contributed by atoms with Crippen molar-refractivity contribution in [3.63, 3.8) is 0 Å². The monoisotopic (exact) mass is 299 g/mol. The molecule has 2 rings (SSSR count). The zero-order valence-electron chi connectivity index (χ0n) is 12.3. The molecule has 0 saturated heterocycles. The van der Waals surface area contributed by atoms with Gasteiger partial charge in [-0.05, 0) is 37.3 Å². The molecule has 0 radical (unpaired) electrons. The summed E-state index contributed by atoms with van der Waals surface area (Å²) in [6.07, 6.45) is 6.06. The van der Waals surface area contributed by atoms with Crippen molar-refractivity contribution in [2.75, 3.05) is 13.1 Å². The molecule has 0 spiro atoms. The van der Waals surface area contributed by atoms with E-state index in [-0.39, 0.29) is 5.41 Å². The van der Waals surface area contributed by atoms with Crippen molar-refractivity contribution >= 4 is 10.0 Å². The van der Waals surface area contributed by atoms with Crippen LogP contribution in [0.25, 0.3) is 0 Å². The minimum Gasteiger partial charge on any atom is -0.363 e. The Bertz CT molecular complexity index is 532. The highest BCUT2D eigenvalue weighted by Gasteiger charge is 2.42. The van der Waals surface area contributed by atoms with Crippen molar-refractivity contribution in [3.05, 3.63) is 18.0 Å². The molecule has 0 aliphatic heterocycles. The van der Waals surface area contributed by atoms with E-state index in [0.717, 1.165) is 37.9 Å². The average Bonchev–Trinajstić information content (AvgIpc) is 3.01. The third-order valence-corrected chi connectivity index (χ3v) is 5.35. The van der Waals surface area contributed by atoms with Gasteiger partial charge in [0.15, 0.2) is 0 Å². The number of aromatic nitrogens is 1. The smallest absolute Gasteiger partial charge is 0.242 e. The van der Waals surface area contributed by atoms with E-state index < -0.39 is 10.0 Å². The summed E-state index contributed by atoms with van der Waals surface area (Å²) in [7, 11) is -3.39. The maximum atomic E-state index is 12.2. The molecule has 6 heteroatoms. The van der Waals surface area contributed by atoms with E-state index in [0.29, 0.717) is 18.0 Å². The molecule has 0 unspecified atom stereocenters. The fraction of sp³-hybridized carbons (Fsp3) is 0.714. The topological polar surface area (TPSA) is 74.0 Å². The number of hydrogen-bond acceptors (Lipinski definition) is 3. The van der Waals surface area contributed by atoms with Crippen molar-refractivity contribution in [1.82, 2.24) is 15.0 Å². The number of nitrogens with one attached hydrogen (secondary N) is 3. The fourth-order valence-corrected chi connectivity index (χ4v) is 3.66. The highest BCUT2D eigenvalue weighted by Crippen LogP contribution is 2.49. The van der Waals surface area contributed by atoms with Crippen LogP contribution in [0.4, 0.5) is 0 Å². The highest BCUT2D eigenvalue weighted by molar-refractivity contribution is 7.89. The largest absolute Gasteiger partial charge is 0.363 e. The van der Waals surface area contributed by atoms with Gasteiger partial charge in [-0.15, -0.1) is 0 Å². The van der Waals surface area contributed by atoms with Crippen LogP contribution in [0.1, 0.15) is 45.2 Å². The lowest BCUT2D eigenvalue weighted by Gasteiger charge is -2.14. The zero-order valence-corrected chi connectivity index (χ0v) is 13.1. The standard InChI is InChI=1S/C14H25N3O2S/c1-3-5-14(6-7-14)11-17-20(18,19)13-8-12(16-10-13)9-15-4-2/h8,10,15-17H,3-7,9,11H2,1-2H3. The van der Waals surface area contributed by atoms with Gasteiger partial charge in [-0.2, -0.15) is 0 Å². The lowest BCUT2D eigenvalue weighted by atomic mass is 10.0. The molecule has 5 nitrogen and oxygen atoms in total. The Labute approximate surface area is 121 Å². The molecule has 0 amide bonds. The van der Waals surface area contributed by atoms with E-state index >= 15 is 0 Å². The first kappa shape index (κ1) is 15.5. The van der Waals surface area contributed by atoms with Crippen LogP contribution in [0, 0.1) is 5.41 Å². The van der Waals surface area contributed by atoms with E-state index in [1.165, 1.54) is 0 Å². The van der Waals surface area contributed by atoms with Gasteiger partial charge in [0.2, 0.25) is 10.0 Å². The van der Waals surface area contributed by atoms with Gasteiger partial charge in [0.25, 0.3) is 0 Å². The molecule has 1 fully saturated rings. The number of rotatable bonds is 9. The normalized spacial score (nSPS) is 17.3. The summed E-state index contributed by atoms with van der Waals surface area (Å²) in [5, 5.41) is 3.17. The first-order valence-electron chi connectivity index (χ1n) is 7.39. The van der Waals surface area contributed by atoms with Gasteiger partial charge in [-0.3, -0.25) is 0 Å².